The maximum absolute atomic E-state index is 13.9. The first-order valence-electron chi connectivity index (χ1n) is 5.54. The third-order valence-corrected chi connectivity index (χ3v) is 2.30. The second-order valence-corrected chi connectivity index (χ2v) is 4.04. The highest BCUT2D eigenvalue weighted by Crippen LogP contribution is 2.14. The van der Waals surface area contributed by atoms with Gasteiger partial charge in [-0.25, -0.2) is 18.9 Å². The molecule has 0 saturated carbocycles. The Morgan fingerprint density at radius 2 is 2.32 bits per heavy atom. The molecular weight excluding hydrogens is 249 g/mol. The molecule has 2 rings (SSSR count). The van der Waals surface area contributed by atoms with Crippen molar-refractivity contribution in [1.82, 2.24) is 14.8 Å². The molecule has 2 aromatic rings. The SMILES string of the molecule is C=C(C)COC(=O)c1ccc(-n2cncn2)c(F)c1. The van der Waals surface area contributed by atoms with Gasteiger partial charge in [0.15, 0.2) is 0 Å². The highest BCUT2D eigenvalue weighted by molar-refractivity contribution is 5.89. The first-order valence-corrected chi connectivity index (χ1v) is 5.54. The zero-order chi connectivity index (χ0) is 13.8. The molecule has 0 atom stereocenters. The Kier molecular flexibility index (Phi) is 3.70. The van der Waals surface area contributed by atoms with E-state index in [1.807, 2.05) is 0 Å². The minimum absolute atomic E-state index is 0.116. The predicted octanol–water partition coefficient (Wildman–Crippen LogP) is 2.14. The van der Waals surface area contributed by atoms with Crippen molar-refractivity contribution in [2.45, 2.75) is 6.92 Å². The van der Waals surface area contributed by atoms with Crippen molar-refractivity contribution < 1.29 is 13.9 Å². The zero-order valence-corrected chi connectivity index (χ0v) is 10.3. The second kappa shape index (κ2) is 5.43. The Balaban J connectivity index is 2.19. The number of hydrogen-bond donors (Lipinski definition) is 0. The van der Waals surface area contributed by atoms with E-state index in [0.717, 1.165) is 6.07 Å². The number of aromatic nitrogens is 3. The molecule has 0 aliphatic carbocycles. The maximum atomic E-state index is 13.9. The van der Waals surface area contributed by atoms with Gasteiger partial charge in [-0.2, -0.15) is 5.10 Å². The van der Waals surface area contributed by atoms with Crippen molar-refractivity contribution >= 4 is 5.97 Å². The van der Waals surface area contributed by atoms with Gasteiger partial charge in [0.05, 0.1) is 5.56 Å². The molecule has 0 spiro atoms. The van der Waals surface area contributed by atoms with Crippen LogP contribution >= 0.6 is 0 Å². The Bertz CT molecular complexity index is 608. The average Bonchev–Trinajstić information content (AvgIpc) is 2.89. The lowest BCUT2D eigenvalue weighted by Crippen LogP contribution is -2.08. The summed E-state index contributed by atoms with van der Waals surface area (Å²) in [5.41, 5.74) is 1.07. The van der Waals surface area contributed by atoms with Crippen molar-refractivity contribution in [2.75, 3.05) is 6.61 Å². The molecule has 19 heavy (non-hydrogen) atoms. The number of ether oxygens (including phenoxy) is 1. The van der Waals surface area contributed by atoms with Crippen LogP contribution < -0.4 is 0 Å². The molecule has 0 fully saturated rings. The van der Waals surface area contributed by atoms with Gasteiger partial charge in [-0.3, -0.25) is 0 Å². The number of benzene rings is 1. The predicted molar refractivity (Wildman–Crippen MR) is 66.4 cm³/mol. The van der Waals surface area contributed by atoms with Crippen LogP contribution in [0, 0.1) is 5.82 Å². The van der Waals surface area contributed by atoms with Crippen LogP contribution in [-0.4, -0.2) is 27.3 Å². The van der Waals surface area contributed by atoms with Crippen LogP contribution in [0.4, 0.5) is 4.39 Å². The van der Waals surface area contributed by atoms with Gasteiger partial charge in [0.1, 0.15) is 30.8 Å². The number of nitrogens with zero attached hydrogens (tertiary/aromatic N) is 3. The average molecular weight is 261 g/mol. The third-order valence-electron chi connectivity index (χ3n) is 2.30. The van der Waals surface area contributed by atoms with Crippen LogP contribution in [-0.2, 0) is 4.74 Å². The molecular formula is C13H12FN3O2. The van der Waals surface area contributed by atoms with Gasteiger partial charge in [0, 0.05) is 0 Å². The number of hydrogen-bond acceptors (Lipinski definition) is 4. The summed E-state index contributed by atoms with van der Waals surface area (Å²) in [5.74, 6) is -1.16. The largest absolute Gasteiger partial charge is 0.458 e. The lowest BCUT2D eigenvalue weighted by molar-refractivity contribution is 0.0540. The van der Waals surface area contributed by atoms with Gasteiger partial charge >= 0.3 is 5.97 Å². The van der Waals surface area contributed by atoms with E-state index in [2.05, 4.69) is 16.7 Å². The molecule has 0 unspecified atom stereocenters. The summed E-state index contributed by atoms with van der Waals surface area (Å²) in [6, 6.07) is 4.03. The fourth-order valence-corrected chi connectivity index (χ4v) is 1.42. The third kappa shape index (κ3) is 3.04. The van der Waals surface area contributed by atoms with E-state index < -0.39 is 11.8 Å². The number of carbonyl (C=O) groups is 1. The Morgan fingerprint density at radius 1 is 1.53 bits per heavy atom. The summed E-state index contributed by atoms with van der Waals surface area (Å²) >= 11 is 0. The molecule has 0 N–H and O–H groups in total. The first kappa shape index (κ1) is 12.9. The van der Waals surface area contributed by atoms with Crippen LogP contribution in [0.25, 0.3) is 5.69 Å². The van der Waals surface area contributed by atoms with E-state index in [-0.39, 0.29) is 17.9 Å². The summed E-state index contributed by atoms with van der Waals surface area (Å²) in [6.45, 7) is 5.47. The molecule has 0 aliphatic heterocycles. The van der Waals surface area contributed by atoms with E-state index in [9.17, 15) is 9.18 Å². The van der Waals surface area contributed by atoms with Gasteiger partial charge in [-0.05, 0) is 30.7 Å². The smallest absolute Gasteiger partial charge is 0.338 e. The fourth-order valence-electron chi connectivity index (χ4n) is 1.42. The minimum atomic E-state index is -0.591. The zero-order valence-electron chi connectivity index (χ0n) is 10.3. The quantitative estimate of drug-likeness (QED) is 0.625. The van der Waals surface area contributed by atoms with Crippen molar-refractivity contribution in [3.05, 3.63) is 54.4 Å². The standard InChI is InChI=1S/C13H12FN3O2/c1-9(2)6-19-13(18)10-3-4-12(11(14)5-10)17-8-15-7-16-17/h3-5,7-8H,1,6H2,2H3. The first-order chi connectivity index (χ1) is 9.08. The topological polar surface area (TPSA) is 57.0 Å². The van der Waals surface area contributed by atoms with Gasteiger partial charge in [0.2, 0.25) is 0 Å². The highest BCUT2D eigenvalue weighted by atomic mass is 19.1. The molecule has 1 aromatic carbocycles. The monoisotopic (exact) mass is 261 g/mol. The van der Waals surface area contributed by atoms with Crippen molar-refractivity contribution in [1.29, 1.82) is 0 Å². The van der Waals surface area contributed by atoms with Crippen molar-refractivity contribution in [2.24, 2.45) is 0 Å². The summed E-state index contributed by atoms with van der Waals surface area (Å²) in [4.78, 5) is 15.4. The molecule has 0 radical (unpaired) electrons. The minimum Gasteiger partial charge on any atom is -0.458 e. The molecule has 5 nitrogen and oxygen atoms in total. The van der Waals surface area contributed by atoms with Gasteiger partial charge in [-0.15, -0.1) is 0 Å². The van der Waals surface area contributed by atoms with Crippen molar-refractivity contribution in [3.63, 3.8) is 0 Å². The van der Waals surface area contributed by atoms with Crippen LogP contribution in [0.3, 0.4) is 0 Å². The Hall–Kier alpha value is -2.50. The van der Waals surface area contributed by atoms with Crippen LogP contribution in [0.15, 0.2) is 43.0 Å². The molecule has 1 heterocycles. The molecule has 98 valence electrons. The Labute approximate surface area is 109 Å². The second-order valence-electron chi connectivity index (χ2n) is 4.04. The number of rotatable bonds is 4. The lowest BCUT2D eigenvalue weighted by Gasteiger charge is -2.06. The Morgan fingerprint density at radius 3 is 2.89 bits per heavy atom. The van der Waals surface area contributed by atoms with Crippen molar-refractivity contribution in [3.8, 4) is 5.69 Å². The molecule has 1 aromatic heterocycles. The molecule has 0 bridgehead atoms. The van der Waals surface area contributed by atoms with Gasteiger partial charge in [0.25, 0.3) is 0 Å². The summed E-state index contributed by atoms with van der Waals surface area (Å²) < 4.78 is 20.1. The molecule has 6 heteroatoms. The summed E-state index contributed by atoms with van der Waals surface area (Å²) in [5, 5.41) is 3.82. The van der Waals surface area contributed by atoms with Crippen LogP contribution in [0.5, 0.6) is 0 Å². The summed E-state index contributed by atoms with van der Waals surface area (Å²) in [7, 11) is 0. The van der Waals surface area contributed by atoms with E-state index in [4.69, 9.17) is 4.74 Å². The lowest BCUT2D eigenvalue weighted by atomic mass is 10.2. The number of halogens is 1. The van der Waals surface area contributed by atoms with Gasteiger partial charge < -0.3 is 4.74 Å². The summed E-state index contributed by atoms with van der Waals surface area (Å²) in [6.07, 6.45) is 2.67. The van der Waals surface area contributed by atoms with Crippen LogP contribution in [0.2, 0.25) is 0 Å². The number of carbonyl (C=O) groups excluding carboxylic acids is 1. The fraction of sp³-hybridized carbons (Fsp3) is 0.154. The molecule has 0 amide bonds. The highest BCUT2D eigenvalue weighted by Gasteiger charge is 2.12. The van der Waals surface area contributed by atoms with E-state index in [0.29, 0.717) is 5.57 Å². The van der Waals surface area contributed by atoms with E-state index in [1.165, 1.54) is 29.5 Å². The van der Waals surface area contributed by atoms with E-state index >= 15 is 0 Å². The number of esters is 1. The normalized spacial score (nSPS) is 10.2. The molecule has 0 aliphatic rings. The van der Waals surface area contributed by atoms with E-state index in [1.54, 1.807) is 6.92 Å². The van der Waals surface area contributed by atoms with Crippen LogP contribution in [0.1, 0.15) is 17.3 Å². The molecule has 0 saturated heterocycles. The van der Waals surface area contributed by atoms with Gasteiger partial charge in [-0.1, -0.05) is 6.58 Å². The maximum Gasteiger partial charge on any atom is 0.338 e.